The summed E-state index contributed by atoms with van der Waals surface area (Å²) in [6.07, 6.45) is 0. The van der Waals surface area contributed by atoms with Gasteiger partial charge in [0.05, 0.1) is 5.56 Å². The van der Waals surface area contributed by atoms with Crippen LogP contribution in [0, 0.1) is 5.82 Å². The lowest BCUT2D eigenvalue weighted by atomic mass is 10.1. The molecule has 1 aliphatic rings. The third-order valence-electron chi connectivity index (χ3n) is 3.81. The van der Waals surface area contributed by atoms with Gasteiger partial charge in [-0.05, 0) is 39.1 Å². The van der Waals surface area contributed by atoms with E-state index in [4.69, 9.17) is 0 Å². The van der Waals surface area contributed by atoms with Crippen LogP contribution in [0.3, 0.4) is 0 Å². The first-order chi connectivity index (χ1) is 8.90. The van der Waals surface area contributed by atoms with Gasteiger partial charge in [-0.1, -0.05) is 15.9 Å². The standard InChI is InChI=1S/C14H18BrFN2O/c1-9-7-18(8-10(2)17(9)3)14(19)12-6-11(15)4-5-13(12)16/h4-6,9-10H,7-8H2,1-3H3. The Morgan fingerprint density at radius 2 is 1.89 bits per heavy atom. The fourth-order valence-corrected chi connectivity index (χ4v) is 2.76. The van der Waals surface area contributed by atoms with Crippen molar-refractivity contribution in [1.82, 2.24) is 9.80 Å². The monoisotopic (exact) mass is 328 g/mol. The van der Waals surface area contributed by atoms with Crippen molar-refractivity contribution in [3.63, 3.8) is 0 Å². The van der Waals surface area contributed by atoms with Gasteiger partial charge in [0, 0.05) is 29.6 Å². The molecule has 0 radical (unpaired) electrons. The average Bonchev–Trinajstić information content (AvgIpc) is 2.37. The van der Waals surface area contributed by atoms with Gasteiger partial charge in [0.25, 0.3) is 5.91 Å². The highest BCUT2D eigenvalue weighted by Crippen LogP contribution is 2.20. The van der Waals surface area contributed by atoms with E-state index in [9.17, 15) is 9.18 Å². The van der Waals surface area contributed by atoms with Crippen LogP contribution in [0.5, 0.6) is 0 Å². The maximum atomic E-state index is 13.8. The molecule has 0 aromatic heterocycles. The van der Waals surface area contributed by atoms with Gasteiger partial charge < -0.3 is 4.90 Å². The van der Waals surface area contributed by atoms with E-state index in [2.05, 4.69) is 41.7 Å². The summed E-state index contributed by atoms with van der Waals surface area (Å²) in [4.78, 5) is 16.4. The molecule has 5 heteroatoms. The number of rotatable bonds is 1. The topological polar surface area (TPSA) is 23.6 Å². The summed E-state index contributed by atoms with van der Waals surface area (Å²) in [5.41, 5.74) is 0.137. The Morgan fingerprint density at radius 3 is 2.47 bits per heavy atom. The summed E-state index contributed by atoms with van der Waals surface area (Å²) < 4.78 is 14.5. The van der Waals surface area contributed by atoms with Crippen molar-refractivity contribution >= 4 is 21.8 Å². The van der Waals surface area contributed by atoms with E-state index in [1.165, 1.54) is 6.07 Å². The quantitative estimate of drug-likeness (QED) is 0.791. The first kappa shape index (κ1) is 14.5. The third-order valence-corrected chi connectivity index (χ3v) is 4.30. The van der Waals surface area contributed by atoms with Crippen LogP contribution < -0.4 is 0 Å². The van der Waals surface area contributed by atoms with Gasteiger partial charge in [-0.2, -0.15) is 0 Å². The maximum absolute atomic E-state index is 13.8. The Hall–Kier alpha value is -0.940. The van der Waals surface area contributed by atoms with Crippen molar-refractivity contribution in [3.05, 3.63) is 34.1 Å². The van der Waals surface area contributed by atoms with Crippen molar-refractivity contribution in [2.75, 3.05) is 20.1 Å². The Labute approximate surface area is 121 Å². The van der Waals surface area contributed by atoms with Gasteiger partial charge >= 0.3 is 0 Å². The van der Waals surface area contributed by atoms with Crippen molar-refractivity contribution in [2.45, 2.75) is 25.9 Å². The Bertz CT molecular complexity index is 482. The minimum absolute atomic E-state index is 0.137. The van der Waals surface area contributed by atoms with E-state index in [1.807, 2.05) is 0 Å². The van der Waals surface area contributed by atoms with Crippen LogP contribution in [0.4, 0.5) is 4.39 Å². The zero-order chi connectivity index (χ0) is 14.2. The lowest BCUT2D eigenvalue weighted by Gasteiger charge is -2.42. The number of carbonyl (C=O) groups is 1. The van der Waals surface area contributed by atoms with Crippen LogP contribution >= 0.6 is 15.9 Å². The second kappa shape index (κ2) is 5.59. The molecule has 0 saturated carbocycles. The molecule has 104 valence electrons. The fraction of sp³-hybridized carbons (Fsp3) is 0.500. The second-order valence-electron chi connectivity index (χ2n) is 5.20. The normalized spacial score (nSPS) is 24.6. The van der Waals surface area contributed by atoms with Crippen molar-refractivity contribution in [3.8, 4) is 0 Å². The van der Waals surface area contributed by atoms with E-state index in [1.54, 1.807) is 17.0 Å². The highest BCUT2D eigenvalue weighted by molar-refractivity contribution is 9.10. The van der Waals surface area contributed by atoms with Crippen molar-refractivity contribution < 1.29 is 9.18 Å². The van der Waals surface area contributed by atoms with E-state index in [-0.39, 0.29) is 23.6 Å². The molecule has 1 aliphatic heterocycles. The second-order valence-corrected chi connectivity index (χ2v) is 6.11. The molecular formula is C14H18BrFN2O. The molecule has 0 N–H and O–H groups in total. The molecule has 3 nitrogen and oxygen atoms in total. The number of hydrogen-bond acceptors (Lipinski definition) is 2. The van der Waals surface area contributed by atoms with Crippen LogP contribution in [0.15, 0.2) is 22.7 Å². The van der Waals surface area contributed by atoms with Gasteiger partial charge in [0.15, 0.2) is 0 Å². The van der Waals surface area contributed by atoms with E-state index in [0.29, 0.717) is 17.6 Å². The third kappa shape index (κ3) is 2.98. The van der Waals surface area contributed by atoms with E-state index >= 15 is 0 Å². The number of hydrogen-bond donors (Lipinski definition) is 0. The summed E-state index contributed by atoms with van der Waals surface area (Å²) in [7, 11) is 2.05. The molecule has 0 bridgehead atoms. The summed E-state index contributed by atoms with van der Waals surface area (Å²) in [5, 5.41) is 0. The molecule has 2 unspecified atom stereocenters. The molecule has 2 rings (SSSR count). The molecule has 1 fully saturated rings. The van der Waals surface area contributed by atoms with Crippen molar-refractivity contribution in [2.24, 2.45) is 0 Å². The minimum Gasteiger partial charge on any atom is -0.335 e. The van der Waals surface area contributed by atoms with Gasteiger partial charge in [0.2, 0.25) is 0 Å². The molecule has 19 heavy (non-hydrogen) atoms. The number of halogens is 2. The summed E-state index contributed by atoms with van der Waals surface area (Å²) in [6, 6.07) is 5.03. The number of nitrogens with zero attached hydrogens (tertiary/aromatic N) is 2. The SMILES string of the molecule is CC1CN(C(=O)c2cc(Br)ccc2F)CC(C)N1C. The lowest BCUT2D eigenvalue weighted by molar-refractivity contribution is 0.0410. The lowest BCUT2D eigenvalue weighted by Crippen LogP contribution is -2.56. The molecule has 1 saturated heterocycles. The molecule has 1 amide bonds. The number of benzene rings is 1. The Balaban J connectivity index is 2.22. The molecule has 1 aromatic carbocycles. The van der Waals surface area contributed by atoms with Gasteiger partial charge in [-0.15, -0.1) is 0 Å². The first-order valence-electron chi connectivity index (χ1n) is 6.36. The van der Waals surface area contributed by atoms with Gasteiger partial charge in [-0.25, -0.2) is 4.39 Å². The zero-order valence-corrected chi connectivity index (χ0v) is 12.9. The van der Waals surface area contributed by atoms with Crippen LogP contribution in [-0.4, -0.2) is 47.9 Å². The van der Waals surface area contributed by atoms with Crippen molar-refractivity contribution in [1.29, 1.82) is 0 Å². The molecule has 2 atom stereocenters. The maximum Gasteiger partial charge on any atom is 0.256 e. The molecular weight excluding hydrogens is 311 g/mol. The summed E-state index contributed by atoms with van der Waals surface area (Å²) >= 11 is 3.28. The Kier molecular flexibility index (Phi) is 4.26. The van der Waals surface area contributed by atoms with Crippen LogP contribution in [0.2, 0.25) is 0 Å². The van der Waals surface area contributed by atoms with E-state index < -0.39 is 5.82 Å². The predicted octanol–water partition coefficient (Wildman–Crippen LogP) is 2.75. The number of likely N-dealkylation sites (N-methyl/N-ethyl adjacent to an activating group) is 1. The first-order valence-corrected chi connectivity index (χ1v) is 7.15. The number of amides is 1. The highest BCUT2D eigenvalue weighted by Gasteiger charge is 2.30. The summed E-state index contributed by atoms with van der Waals surface area (Å²) in [6.45, 7) is 5.41. The smallest absolute Gasteiger partial charge is 0.256 e. The van der Waals surface area contributed by atoms with E-state index in [0.717, 1.165) is 0 Å². The number of carbonyl (C=O) groups excluding carboxylic acids is 1. The largest absolute Gasteiger partial charge is 0.335 e. The Morgan fingerprint density at radius 1 is 1.32 bits per heavy atom. The number of piperazine rings is 1. The van der Waals surface area contributed by atoms with Crippen LogP contribution in [-0.2, 0) is 0 Å². The molecule has 0 spiro atoms. The van der Waals surface area contributed by atoms with Gasteiger partial charge in [0.1, 0.15) is 5.82 Å². The molecule has 1 heterocycles. The molecule has 0 aliphatic carbocycles. The predicted molar refractivity (Wildman–Crippen MR) is 76.7 cm³/mol. The average molecular weight is 329 g/mol. The minimum atomic E-state index is -0.465. The van der Waals surface area contributed by atoms with Crippen LogP contribution in [0.1, 0.15) is 24.2 Å². The fourth-order valence-electron chi connectivity index (χ4n) is 2.40. The summed E-state index contributed by atoms with van der Waals surface area (Å²) in [5.74, 6) is -0.696. The van der Waals surface area contributed by atoms with Crippen LogP contribution in [0.25, 0.3) is 0 Å². The molecule has 1 aromatic rings. The zero-order valence-electron chi connectivity index (χ0n) is 11.4. The van der Waals surface area contributed by atoms with Gasteiger partial charge in [-0.3, -0.25) is 9.69 Å². The highest BCUT2D eigenvalue weighted by atomic mass is 79.9.